The number of benzene rings is 2. The number of methoxy groups -OCH3 is 3. The highest BCUT2D eigenvalue weighted by Gasteiger charge is 2.20. The number of nitriles is 1. The van der Waals surface area contributed by atoms with E-state index in [-0.39, 0.29) is 11.4 Å². The molecule has 0 fully saturated rings. The molecular weight excluding hydrogens is 413 g/mol. The maximum absolute atomic E-state index is 9.69. The van der Waals surface area contributed by atoms with Gasteiger partial charge in [0.1, 0.15) is 23.2 Å². The Balaban J connectivity index is 2.30. The topological polar surface area (TPSA) is 90.4 Å². The quantitative estimate of drug-likeness (QED) is 0.598. The number of hydrogen-bond donors (Lipinski definition) is 1. The van der Waals surface area contributed by atoms with Crippen LogP contribution in [-0.2, 0) is 0 Å². The lowest BCUT2D eigenvalue weighted by Gasteiger charge is -2.16. The lowest BCUT2D eigenvalue weighted by Crippen LogP contribution is -2.01. The maximum Gasteiger partial charge on any atom is 0.164 e. The Morgan fingerprint density at radius 2 is 1.52 bits per heavy atom. The first-order chi connectivity index (χ1) is 13.9. The Morgan fingerprint density at radius 3 is 2.10 bits per heavy atom. The lowest BCUT2D eigenvalue weighted by molar-refractivity contribution is 0.349. The number of ether oxygens (including phenoxy) is 3. The molecule has 0 atom stereocenters. The summed E-state index contributed by atoms with van der Waals surface area (Å²) >= 11 is 12.2. The Kier molecular flexibility index (Phi) is 6.02. The molecule has 0 saturated heterocycles. The highest BCUT2D eigenvalue weighted by Crippen LogP contribution is 2.43. The summed E-state index contributed by atoms with van der Waals surface area (Å²) in [6, 6.07) is 12.4. The molecule has 1 heterocycles. The predicted octanol–water partition coefficient (Wildman–Crippen LogP) is 5.20. The van der Waals surface area contributed by atoms with E-state index in [2.05, 4.69) is 11.1 Å². The number of hydrogen-bond acceptors (Lipinski definition) is 6. The fourth-order valence-corrected chi connectivity index (χ4v) is 3.24. The van der Waals surface area contributed by atoms with Crippen molar-refractivity contribution in [2.75, 3.05) is 27.1 Å². The molecule has 2 aromatic carbocycles. The molecule has 3 rings (SSSR count). The van der Waals surface area contributed by atoms with Crippen LogP contribution in [-0.4, -0.2) is 26.3 Å². The predicted molar refractivity (Wildman–Crippen MR) is 114 cm³/mol. The third kappa shape index (κ3) is 3.88. The van der Waals surface area contributed by atoms with Crippen LogP contribution in [0.1, 0.15) is 5.56 Å². The van der Waals surface area contributed by atoms with Crippen molar-refractivity contribution >= 4 is 29.0 Å². The number of halogens is 2. The van der Waals surface area contributed by atoms with E-state index < -0.39 is 0 Å². The van der Waals surface area contributed by atoms with E-state index in [1.807, 2.05) is 0 Å². The summed E-state index contributed by atoms with van der Waals surface area (Å²) < 4.78 is 16.3. The molecule has 0 bridgehead atoms. The summed E-state index contributed by atoms with van der Waals surface area (Å²) in [7, 11) is 4.59. The zero-order valence-corrected chi connectivity index (χ0v) is 17.4. The average Bonchev–Trinajstić information content (AvgIpc) is 2.73. The number of rotatable bonds is 5. The molecule has 148 valence electrons. The van der Waals surface area contributed by atoms with Crippen molar-refractivity contribution in [3.63, 3.8) is 0 Å². The van der Waals surface area contributed by atoms with Crippen molar-refractivity contribution in [2.24, 2.45) is 0 Å². The fourth-order valence-electron chi connectivity index (χ4n) is 2.94. The van der Waals surface area contributed by atoms with Gasteiger partial charge in [-0.3, -0.25) is 0 Å². The molecule has 8 heteroatoms. The molecule has 0 saturated carbocycles. The monoisotopic (exact) mass is 429 g/mol. The summed E-state index contributed by atoms with van der Waals surface area (Å²) in [5.74, 6) is 1.56. The van der Waals surface area contributed by atoms with Crippen LogP contribution < -0.4 is 19.9 Å². The van der Waals surface area contributed by atoms with Gasteiger partial charge in [0, 0.05) is 22.8 Å². The number of aromatic nitrogens is 1. The number of anilines is 1. The maximum atomic E-state index is 9.69. The summed E-state index contributed by atoms with van der Waals surface area (Å²) in [5, 5.41) is 10.5. The molecule has 6 nitrogen and oxygen atoms in total. The molecule has 1 aromatic heterocycles. The van der Waals surface area contributed by atoms with Gasteiger partial charge in [0.05, 0.1) is 37.1 Å². The summed E-state index contributed by atoms with van der Waals surface area (Å²) in [6.07, 6.45) is 0. The third-order valence-electron chi connectivity index (χ3n) is 4.37. The van der Waals surface area contributed by atoms with Crippen LogP contribution in [0.3, 0.4) is 0 Å². The Morgan fingerprint density at radius 1 is 0.862 bits per heavy atom. The second kappa shape index (κ2) is 8.48. The SMILES string of the molecule is COc1cc(OC)c(-c2cc(-c3ccc(Cl)c(Cl)c3)nc(N)c2C#N)cc1OC. The van der Waals surface area contributed by atoms with E-state index in [0.29, 0.717) is 49.7 Å². The first-order valence-corrected chi connectivity index (χ1v) is 9.15. The van der Waals surface area contributed by atoms with Gasteiger partial charge in [-0.05, 0) is 24.3 Å². The minimum absolute atomic E-state index is 0.0860. The molecule has 2 N–H and O–H groups in total. The molecule has 0 aliphatic rings. The van der Waals surface area contributed by atoms with Gasteiger partial charge in [-0.2, -0.15) is 5.26 Å². The highest BCUT2D eigenvalue weighted by atomic mass is 35.5. The van der Waals surface area contributed by atoms with Crippen molar-refractivity contribution in [1.82, 2.24) is 4.98 Å². The number of nitrogens with two attached hydrogens (primary N) is 1. The average molecular weight is 430 g/mol. The van der Waals surface area contributed by atoms with Crippen molar-refractivity contribution in [1.29, 1.82) is 5.26 Å². The number of pyridine rings is 1. The molecule has 0 aliphatic heterocycles. The number of nitrogens with zero attached hydrogens (tertiary/aromatic N) is 2. The van der Waals surface area contributed by atoms with E-state index in [9.17, 15) is 5.26 Å². The Labute approximate surface area is 178 Å². The fraction of sp³-hybridized carbons (Fsp3) is 0.143. The van der Waals surface area contributed by atoms with Crippen molar-refractivity contribution in [3.05, 3.63) is 52.0 Å². The zero-order chi connectivity index (χ0) is 21.1. The van der Waals surface area contributed by atoms with Crippen LogP contribution >= 0.6 is 23.2 Å². The van der Waals surface area contributed by atoms with Crippen LogP contribution in [0.5, 0.6) is 17.2 Å². The molecule has 29 heavy (non-hydrogen) atoms. The van der Waals surface area contributed by atoms with Gasteiger partial charge in [-0.1, -0.05) is 29.3 Å². The summed E-state index contributed by atoms with van der Waals surface area (Å²) in [5.41, 5.74) is 8.71. The lowest BCUT2D eigenvalue weighted by atomic mass is 9.97. The van der Waals surface area contributed by atoms with Crippen LogP contribution in [0.25, 0.3) is 22.4 Å². The molecule has 3 aromatic rings. The van der Waals surface area contributed by atoms with Gasteiger partial charge >= 0.3 is 0 Å². The van der Waals surface area contributed by atoms with Crippen molar-refractivity contribution < 1.29 is 14.2 Å². The Bertz CT molecular complexity index is 1130. The largest absolute Gasteiger partial charge is 0.496 e. The first kappa shape index (κ1) is 20.6. The zero-order valence-electron chi connectivity index (χ0n) is 15.9. The van der Waals surface area contributed by atoms with Crippen LogP contribution in [0, 0.1) is 11.3 Å². The Hall–Kier alpha value is -3.14. The molecule has 0 radical (unpaired) electrons. The third-order valence-corrected chi connectivity index (χ3v) is 5.11. The molecule has 0 spiro atoms. The first-order valence-electron chi connectivity index (χ1n) is 8.39. The second-order valence-corrected chi connectivity index (χ2v) is 6.78. The van der Waals surface area contributed by atoms with Crippen LogP contribution in [0.15, 0.2) is 36.4 Å². The van der Waals surface area contributed by atoms with E-state index in [1.54, 1.807) is 36.4 Å². The van der Waals surface area contributed by atoms with Crippen molar-refractivity contribution in [3.8, 4) is 45.7 Å². The van der Waals surface area contributed by atoms with Gasteiger partial charge in [-0.15, -0.1) is 0 Å². The molecule has 0 unspecified atom stereocenters. The van der Waals surface area contributed by atoms with Crippen LogP contribution in [0.2, 0.25) is 10.0 Å². The summed E-state index contributed by atoms with van der Waals surface area (Å²) in [4.78, 5) is 4.36. The van der Waals surface area contributed by atoms with Gasteiger partial charge < -0.3 is 19.9 Å². The van der Waals surface area contributed by atoms with Crippen LogP contribution in [0.4, 0.5) is 5.82 Å². The van der Waals surface area contributed by atoms with Gasteiger partial charge in [0.2, 0.25) is 0 Å². The molecular formula is C21H17Cl2N3O3. The van der Waals surface area contributed by atoms with E-state index in [1.165, 1.54) is 21.3 Å². The molecule has 0 amide bonds. The minimum atomic E-state index is 0.0860. The van der Waals surface area contributed by atoms with E-state index in [0.717, 1.165) is 0 Å². The van der Waals surface area contributed by atoms with Gasteiger partial charge in [0.15, 0.2) is 11.5 Å². The summed E-state index contributed by atoms with van der Waals surface area (Å²) in [6.45, 7) is 0. The van der Waals surface area contributed by atoms with E-state index in [4.69, 9.17) is 43.1 Å². The van der Waals surface area contributed by atoms with Gasteiger partial charge in [0.25, 0.3) is 0 Å². The smallest absolute Gasteiger partial charge is 0.164 e. The second-order valence-electron chi connectivity index (χ2n) is 5.96. The van der Waals surface area contributed by atoms with Crippen molar-refractivity contribution in [2.45, 2.75) is 0 Å². The van der Waals surface area contributed by atoms with E-state index >= 15 is 0 Å². The standard InChI is InChI=1S/C21H17Cl2N3O3/c1-27-18-9-20(29-3)19(28-2)8-13(18)12-7-17(26-21(25)14(12)10-24)11-4-5-15(22)16(23)6-11/h4-9H,1-3H3,(H2,25,26). The minimum Gasteiger partial charge on any atom is -0.496 e. The number of nitrogen functional groups attached to an aromatic ring is 1. The highest BCUT2D eigenvalue weighted by molar-refractivity contribution is 6.42. The van der Waals surface area contributed by atoms with Gasteiger partial charge in [-0.25, -0.2) is 4.98 Å². The normalized spacial score (nSPS) is 10.3. The molecule has 0 aliphatic carbocycles.